The van der Waals surface area contributed by atoms with Crippen LogP contribution in [0.1, 0.15) is 45.1 Å². The van der Waals surface area contributed by atoms with Crippen molar-refractivity contribution in [2.45, 2.75) is 52.1 Å². The Morgan fingerprint density at radius 1 is 1.42 bits per heavy atom. The zero-order valence-electron chi connectivity index (χ0n) is 11.9. The summed E-state index contributed by atoms with van der Waals surface area (Å²) in [5.41, 5.74) is 2.14. The van der Waals surface area contributed by atoms with Crippen LogP contribution < -0.4 is 10.6 Å². The largest absolute Gasteiger partial charge is 0.326 e. The molecule has 0 aromatic heterocycles. The number of carbonyl (C=O) groups excluding carboxylic acids is 1. The average molecular weight is 260 g/mol. The molecule has 1 saturated carbocycles. The molecule has 0 heterocycles. The van der Waals surface area contributed by atoms with E-state index in [1.807, 2.05) is 19.1 Å². The molecule has 0 aliphatic heterocycles. The molecule has 1 amide bonds. The number of anilines is 1. The lowest BCUT2D eigenvalue weighted by atomic mass is 10.1. The lowest BCUT2D eigenvalue weighted by molar-refractivity contribution is -0.119. The maximum atomic E-state index is 12.0. The van der Waals surface area contributed by atoms with Gasteiger partial charge in [0.2, 0.25) is 5.91 Å². The topological polar surface area (TPSA) is 41.1 Å². The van der Waals surface area contributed by atoms with Gasteiger partial charge in [-0.25, -0.2) is 0 Å². The van der Waals surface area contributed by atoms with Crippen LogP contribution >= 0.6 is 0 Å². The molecule has 0 bridgehead atoms. The summed E-state index contributed by atoms with van der Waals surface area (Å²) in [6, 6.07) is 8.83. The number of nitrogens with one attached hydrogen (secondary N) is 2. The molecule has 1 aromatic rings. The monoisotopic (exact) mass is 260 g/mol. The van der Waals surface area contributed by atoms with Gasteiger partial charge in [0, 0.05) is 24.2 Å². The minimum Gasteiger partial charge on any atom is -0.326 e. The van der Waals surface area contributed by atoms with E-state index in [0.717, 1.165) is 25.1 Å². The molecule has 0 radical (unpaired) electrons. The number of hydrogen-bond acceptors (Lipinski definition) is 2. The van der Waals surface area contributed by atoms with Crippen LogP contribution in [0.4, 0.5) is 5.69 Å². The number of hydrogen-bond donors (Lipinski definition) is 2. The van der Waals surface area contributed by atoms with Crippen molar-refractivity contribution in [2.24, 2.45) is 5.92 Å². The summed E-state index contributed by atoms with van der Waals surface area (Å²) in [4.78, 5) is 12.0. The van der Waals surface area contributed by atoms with E-state index in [2.05, 4.69) is 29.7 Å². The van der Waals surface area contributed by atoms with Crippen LogP contribution in [-0.4, -0.2) is 11.9 Å². The van der Waals surface area contributed by atoms with Crippen LogP contribution in [0.5, 0.6) is 0 Å². The standard InChI is InChI=1S/C16H24N2O/c1-3-5-12(2)16(19)18-15-7-4-6-13(10-15)11-17-14-8-9-14/h4,6-7,10,12,14,17H,3,5,8-9,11H2,1-2H3,(H,18,19). The highest BCUT2D eigenvalue weighted by Crippen LogP contribution is 2.20. The van der Waals surface area contributed by atoms with E-state index in [0.29, 0.717) is 6.04 Å². The van der Waals surface area contributed by atoms with Crippen LogP contribution in [-0.2, 0) is 11.3 Å². The fourth-order valence-electron chi connectivity index (χ4n) is 2.14. The second-order valence-electron chi connectivity index (χ2n) is 5.53. The van der Waals surface area contributed by atoms with Gasteiger partial charge in [0.05, 0.1) is 0 Å². The SMILES string of the molecule is CCCC(C)C(=O)Nc1cccc(CNC2CC2)c1. The second-order valence-corrected chi connectivity index (χ2v) is 5.53. The first-order valence-corrected chi connectivity index (χ1v) is 7.32. The molecule has 2 rings (SSSR count). The molecule has 3 nitrogen and oxygen atoms in total. The molecule has 1 aliphatic rings. The van der Waals surface area contributed by atoms with Gasteiger partial charge in [0.25, 0.3) is 0 Å². The maximum absolute atomic E-state index is 12.0. The Bertz CT molecular complexity index is 427. The Morgan fingerprint density at radius 3 is 2.89 bits per heavy atom. The molecule has 1 fully saturated rings. The van der Waals surface area contributed by atoms with Gasteiger partial charge in [-0.15, -0.1) is 0 Å². The van der Waals surface area contributed by atoms with Crippen molar-refractivity contribution in [2.75, 3.05) is 5.32 Å². The predicted octanol–water partition coefficient (Wildman–Crippen LogP) is 3.31. The fraction of sp³-hybridized carbons (Fsp3) is 0.562. The van der Waals surface area contributed by atoms with Crippen LogP contribution in [0, 0.1) is 5.92 Å². The lowest BCUT2D eigenvalue weighted by Gasteiger charge is -2.12. The van der Waals surface area contributed by atoms with E-state index in [4.69, 9.17) is 0 Å². The molecule has 1 aromatic carbocycles. The zero-order valence-corrected chi connectivity index (χ0v) is 11.9. The highest BCUT2D eigenvalue weighted by atomic mass is 16.1. The Hall–Kier alpha value is -1.35. The van der Waals surface area contributed by atoms with Gasteiger partial charge in [-0.1, -0.05) is 32.4 Å². The first-order valence-electron chi connectivity index (χ1n) is 7.32. The Morgan fingerprint density at radius 2 is 2.21 bits per heavy atom. The molecule has 3 heteroatoms. The number of carbonyl (C=O) groups is 1. The summed E-state index contributed by atoms with van der Waals surface area (Å²) >= 11 is 0. The van der Waals surface area contributed by atoms with Crippen LogP contribution in [0.3, 0.4) is 0 Å². The van der Waals surface area contributed by atoms with E-state index in [9.17, 15) is 4.79 Å². The minimum absolute atomic E-state index is 0.0817. The summed E-state index contributed by atoms with van der Waals surface area (Å²) in [7, 11) is 0. The molecule has 104 valence electrons. The van der Waals surface area contributed by atoms with Gasteiger partial charge < -0.3 is 10.6 Å². The Balaban J connectivity index is 1.88. The quantitative estimate of drug-likeness (QED) is 0.789. The molecule has 1 atom stereocenters. The first kappa shape index (κ1) is 14.1. The fourth-order valence-corrected chi connectivity index (χ4v) is 2.14. The number of benzene rings is 1. The van der Waals surface area contributed by atoms with Crippen molar-refractivity contribution in [1.29, 1.82) is 0 Å². The molecule has 19 heavy (non-hydrogen) atoms. The van der Waals surface area contributed by atoms with Crippen molar-refractivity contribution < 1.29 is 4.79 Å². The minimum atomic E-state index is 0.0817. The van der Waals surface area contributed by atoms with E-state index in [-0.39, 0.29) is 11.8 Å². The van der Waals surface area contributed by atoms with Crippen LogP contribution in [0.15, 0.2) is 24.3 Å². The molecule has 2 N–H and O–H groups in total. The third kappa shape index (κ3) is 4.67. The summed E-state index contributed by atoms with van der Waals surface area (Å²) in [5, 5.41) is 6.49. The van der Waals surface area contributed by atoms with E-state index in [1.165, 1.54) is 18.4 Å². The van der Waals surface area contributed by atoms with Crippen molar-refractivity contribution >= 4 is 11.6 Å². The molecule has 1 aliphatic carbocycles. The maximum Gasteiger partial charge on any atom is 0.227 e. The Kier molecular flexibility index (Phi) is 4.97. The molecule has 0 spiro atoms. The van der Waals surface area contributed by atoms with Gasteiger partial charge in [-0.05, 0) is 37.0 Å². The molecular weight excluding hydrogens is 236 g/mol. The van der Waals surface area contributed by atoms with E-state index >= 15 is 0 Å². The third-order valence-corrected chi connectivity index (χ3v) is 3.54. The van der Waals surface area contributed by atoms with Crippen LogP contribution in [0.25, 0.3) is 0 Å². The molecule has 0 saturated heterocycles. The van der Waals surface area contributed by atoms with E-state index in [1.54, 1.807) is 0 Å². The Labute approximate surface area is 115 Å². The normalized spacial score (nSPS) is 16.1. The van der Waals surface area contributed by atoms with Crippen molar-refractivity contribution in [1.82, 2.24) is 5.32 Å². The average Bonchev–Trinajstić information content (AvgIpc) is 3.21. The summed E-state index contributed by atoms with van der Waals surface area (Å²) in [6.45, 7) is 4.98. The highest BCUT2D eigenvalue weighted by molar-refractivity contribution is 5.92. The van der Waals surface area contributed by atoms with Crippen molar-refractivity contribution in [3.63, 3.8) is 0 Å². The summed E-state index contributed by atoms with van der Waals surface area (Å²) in [5.74, 6) is 0.201. The first-order chi connectivity index (χ1) is 9.19. The highest BCUT2D eigenvalue weighted by Gasteiger charge is 2.20. The number of rotatable bonds is 7. The van der Waals surface area contributed by atoms with Crippen LogP contribution in [0.2, 0.25) is 0 Å². The molecular formula is C16H24N2O. The lowest BCUT2D eigenvalue weighted by Crippen LogP contribution is -2.20. The smallest absolute Gasteiger partial charge is 0.227 e. The summed E-state index contributed by atoms with van der Waals surface area (Å²) < 4.78 is 0. The summed E-state index contributed by atoms with van der Waals surface area (Å²) in [6.07, 6.45) is 4.57. The zero-order chi connectivity index (χ0) is 13.7. The van der Waals surface area contributed by atoms with Gasteiger partial charge in [-0.3, -0.25) is 4.79 Å². The predicted molar refractivity (Wildman–Crippen MR) is 79.0 cm³/mol. The van der Waals surface area contributed by atoms with E-state index < -0.39 is 0 Å². The third-order valence-electron chi connectivity index (χ3n) is 3.54. The van der Waals surface area contributed by atoms with Crippen molar-refractivity contribution in [3.8, 4) is 0 Å². The van der Waals surface area contributed by atoms with Gasteiger partial charge >= 0.3 is 0 Å². The van der Waals surface area contributed by atoms with Crippen molar-refractivity contribution in [3.05, 3.63) is 29.8 Å². The van der Waals surface area contributed by atoms with Gasteiger partial charge in [0.15, 0.2) is 0 Å². The molecule has 1 unspecified atom stereocenters. The number of amides is 1. The second kappa shape index (κ2) is 6.71. The van der Waals surface area contributed by atoms with Gasteiger partial charge in [-0.2, -0.15) is 0 Å². The van der Waals surface area contributed by atoms with Gasteiger partial charge in [0.1, 0.15) is 0 Å².